The lowest BCUT2D eigenvalue weighted by Gasteiger charge is -1.98. The van der Waals surface area contributed by atoms with Crippen LogP contribution in [0.1, 0.15) is 12.0 Å². The maximum atomic E-state index is 10.1. The molecule has 0 saturated carbocycles. The topological polar surface area (TPSA) is 99.4 Å². The summed E-state index contributed by atoms with van der Waals surface area (Å²) in [5.74, 6) is -1.43. The van der Waals surface area contributed by atoms with Gasteiger partial charge in [-0.25, -0.2) is 0 Å². The number of phenols is 2. The molecule has 1 aromatic carbocycles. The van der Waals surface area contributed by atoms with Crippen molar-refractivity contribution in [1.82, 2.24) is 0 Å². The van der Waals surface area contributed by atoms with Crippen LogP contribution in [0, 0.1) is 0 Å². The average molecular weight is 225 g/mol. The Hall–Kier alpha value is -2.24. The number of hydrogen-bond donors (Lipinski definition) is 3. The van der Waals surface area contributed by atoms with E-state index in [1.807, 2.05) is 0 Å². The van der Waals surface area contributed by atoms with E-state index in [0.717, 1.165) is 0 Å². The van der Waals surface area contributed by atoms with Crippen molar-refractivity contribution >= 4 is 12.2 Å². The van der Waals surface area contributed by atoms with E-state index in [4.69, 9.17) is 15.3 Å². The van der Waals surface area contributed by atoms with Gasteiger partial charge in [0.1, 0.15) is 6.61 Å². The fourth-order valence-electron chi connectivity index (χ4n) is 0.905. The van der Waals surface area contributed by atoms with Crippen LogP contribution in [-0.2, 0) is 9.63 Å². The molecule has 0 spiro atoms. The van der Waals surface area contributed by atoms with Gasteiger partial charge in [0.2, 0.25) is 0 Å². The number of carboxylic acids is 1. The molecule has 16 heavy (non-hydrogen) atoms. The number of oxime groups is 1. The molecule has 1 rings (SSSR count). The van der Waals surface area contributed by atoms with E-state index in [1.165, 1.54) is 24.4 Å². The van der Waals surface area contributed by atoms with Crippen LogP contribution < -0.4 is 0 Å². The van der Waals surface area contributed by atoms with Crippen molar-refractivity contribution in [3.05, 3.63) is 23.8 Å². The molecule has 0 heterocycles. The van der Waals surface area contributed by atoms with Crippen LogP contribution in [0.15, 0.2) is 23.4 Å². The number of nitrogens with zero attached hydrogens (tertiary/aromatic N) is 1. The normalized spacial score (nSPS) is 10.5. The maximum Gasteiger partial charge on any atom is 0.306 e. The molecule has 86 valence electrons. The summed E-state index contributed by atoms with van der Waals surface area (Å²) in [5.41, 5.74) is 0.533. The number of aromatic hydroxyl groups is 2. The summed E-state index contributed by atoms with van der Waals surface area (Å²) in [6.45, 7) is -0.0180. The fraction of sp³-hybridized carbons (Fsp3) is 0.200. The van der Waals surface area contributed by atoms with Gasteiger partial charge in [0.05, 0.1) is 12.6 Å². The molecule has 3 N–H and O–H groups in total. The van der Waals surface area contributed by atoms with Gasteiger partial charge in [-0.3, -0.25) is 4.79 Å². The summed E-state index contributed by atoms with van der Waals surface area (Å²) in [5, 5.41) is 30.0. The Morgan fingerprint density at radius 1 is 1.38 bits per heavy atom. The van der Waals surface area contributed by atoms with Crippen molar-refractivity contribution in [2.45, 2.75) is 6.42 Å². The highest BCUT2D eigenvalue weighted by molar-refractivity contribution is 5.80. The summed E-state index contributed by atoms with van der Waals surface area (Å²) in [4.78, 5) is 14.8. The van der Waals surface area contributed by atoms with Gasteiger partial charge in [-0.15, -0.1) is 0 Å². The van der Waals surface area contributed by atoms with E-state index in [9.17, 15) is 4.79 Å². The second kappa shape index (κ2) is 5.59. The highest BCUT2D eigenvalue weighted by atomic mass is 16.6. The van der Waals surface area contributed by atoms with Crippen LogP contribution in [-0.4, -0.2) is 34.1 Å². The third-order valence-electron chi connectivity index (χ3n) is 1.68. The molecule has 0 fully saturated rings. The molecular formula is C10H11NO5. The molecular weight excluding hydrogens is 214 g/mol. The van der Waals surface area contributed by atoms with E-state index in [1.54, 1.807) is 0 Å². The van der Waals surface area contributed by atoms with Crippen LogP contribution in [0.25, 0.3) is 0 Å². The molecule has 0 aliphatic carbocycles. The number of rotatable bonds is 5. The monoisotopic (exact) mass is 225 g/mol. The molecule has 1 aromatic rings. The Labute approximate surface area is 91.4 Å². The van der Waals surface area contributed by atoms with Crippen molar-refractivity contribution in [2.24, 2.45) is 5.16 Å². The third kappa shape index (κ3) is 3.87. The van der Waals surface area contributed by atoms with Gasteiger partial charge >= 0.3 is 5.97 Å². The summed E-state index contributed by atoms with van der Waals surface area (Å²) >= 11 is 0. The Bertz CT molecular complexity index is 402. The Morgan fingerprint density at radius 3 is 2.75 bits per heavy atom. The lowest BCUT2D eigenvalue weighted by molar-refractivity contribution is -0.138. The summed E-state index contributed by atoms with van der Waals surface area (Å²) in [7, 11) is 0. The minimum Gasteiger partial charge on any atom is -0.504 e. The first-order chi connectivity index (χ1) is 7.59. The summed E-state index contributed by atoms with van der Waals surface area (Å²) in [6.07, 6.45) is 1.18. The van der Waals surface area contributed by atoms with Gasteiger partial charge < -0.3 is 20.2 Å². The number of benzene rings is 1. The van der Waals surface area contributed by atoms with Gasteiger partial charge in [-0.2, -0.15) is 0 Å². The van der Waals surface area contributed by atoms with Gasteiger partial charge in [-0.1, -0.05) is 5.16 Å². The molecule has 0 aliphatic rings. The highest BCUT2D eigenvalue weighted by Gasteiger charge is 1.98. The molecule has 0 aromatic heterocycles. The molecule has 0 radical (unpaired) electrons. The average Bonchev–Trinajstić information content (AvgIpc) is 2.22. The number of carbonyl (C=O) groups is 1. The first kappa shape index (κ1) is 11.8. The smallest absolute Gasteiger partial charge is 0.306 e. The number of phenolic OH excluding ortho intramolecular Hbond substituents is 2. The van der Waals surface area contributed by atoms with E-state index in [2.05, 4.69) is 9.99 Å². The molecule has 6 heteroatoms. The zero-order valence-corrected chi connectivity index (χ0v) is 8.33. The minimum absolute atomic E-state index is 0.0180. The third-order valence-corrected chi connectivity index (χ3v) is 1.68. The van der Waals surface area contributed by atoms with Crippen LogP contribution in [0.2, 0.25) is 0 Å². The standard InChI is InChI=1S/C10H11NO5/c12-8-2-1-7(5-9(8)13)6-11-16-4-3-10(14)15/h1-2,5-6,12-13H,3-4H2,(H,14,15)/b11-6+. The van der Waals surface area contributed by atoms with Crippen molar-refractivity contribution in [2.75, 3.05) is 6.61 Å². The molecule has 0 unspecified atom stereocenters. The largest absolute Gasteiger partial charge is 0.504 e. The van der Waals surface area contributed by atoms with Gasteiger partial charge in [0, 0.05) is 0 Å². The van der Waals surface area contributed by atoms with E-state index >= 15 is 0 Å². The first-order valence-corrected chi connectivity index (χ1v) is 4.48. The molecule has 0 aliphatic heterocycles. The quantitative estimate of drug-likeness (QED) is 0.299. The second-order valence-corrected chi connectivity index (χ2v) is 2.96. The van der Waals surface area contributed by atoms with Crippen molar-refractivity contribution < 1.29 is 25.0 Å². The van der Waals surface area contributed by atoms with Crippen molar-refractivity contribution in [1.29, 1.82) is 0 Å². The molecule has 0 saturated heterocycles. The van der Waals surface area contributed by atoms with Crippen LogP contribution in [0.4, 0.5) is 0 Å². The SMILES string of the molecule is O=C(O)CCO/N=C/c1ccc(O)c(O)c1. The predicted octanol–water partition coefficient (Wildman–Crippen LogP) is 0.923. The van der Waals surface area contributed by atoms with Crippen LogP contribution in [0.5, 0.6) is 11.5 Å². The summed E-state index contributed by atoms with van der Waals surface area (Å²) < 4.78 is 0. The van der Waals surface area contributed by atoms with Crippen LogP contribution >= 0.6 is 0 Å². The van der Waals surface area contributed by atoms with E-state index in [-0.39, 0.29) is 24.5 Å². The zero-order valence-electron chi connectivity index (χ0n) is 8.33. The Morgan fingerprint density at radius 2 is 2.12 bits per heavy atom. The van der Waals surface area contributed by atoms with Gasteiger partial charge in [0.15, 0.2) is 11.5 Å². The fourth-order valence-corrected chi connectivity index (χ4v) is 0.905. The molecule has 0 bridgehead atoms. The maximum absolute atomic E-state index is 10.1. The highest BCUT2D eigenvalue weighted by Crippen LogP contribution is 2.23. The predicted molar refractivity (Wildman–Crippen MR) is 55.6 cm³/mol. The van der Waals surface area contributed by atoms with Crippen LogP contribution in [0.3, 0.4) is 0 Å². The molecule has 0 amide bonds. The number of carboxylic acid groups (broad SMARTS) is 1. The van der Waals surface area contributed by atoms with Gasteiger partial charge in [0.25, 0.3) is 0 Å². The Balaban J connectivity index is 2.44. The lowest BCUT2D eigenvalue weighted by Crippen LogP contribution is -1.99. The number of hydrogen-bond acceptors (Lipinski definition) is 5. The molecule has 6 nitrogen and oxygen atoms in total. The molecule has 0 atom stereocenters. The van der Waals surface area contributed by atoms with E-state index in [0.29, 0.717) is 5.56 Å². The zero-order chi connectivity index (χ0) is 12.0. The van der Waals surface area contributed by atoms with Crippen molar-refractivity contribution in [3.63, 3.8) is 0 Å². The first-order valence-electron chi connectivity index (χ1n) is 4.48. The Kier molecular flexibility index (Phi) is 4.14. The second-order valence-electron chi connectivity index (χ2n) is 2.96. The van der Waals surface area contributed by atoms with Crippen molar-refractivity contribution in [3.8, 4) is 11.5 Å². The van der Waals surface area contributed by atoms with E-state index < -0.39 is 5.97 Å². The van der Waals surface area contributed by atoms with Gasteiger partial charge in [-0.05, 0) is 23.8 Å². The number of aliphatic carboxylic acids is 1. The lowest BCUT2D eigenvalue weighted by atomic mass is 10.2. The summed E-state index contributed by atoms with van der Waals surface area (Å²) in [6, 6.07) is 4.15. The minimum atomic E-state index is -0.961.